The SMILES string of the molecule is C[C@H](CC(=O)c1cccs1)NC(=O)[C@@H]1CC[C@@H](C)O1. The van der Waals surface area contributed by atoms with Crippen LogP contribution in [0.3, 0.4) is 0 Å². The fourth-order valence-corrected chi connectivity index (χ4v) is 2.87. The third-order valence-electron chi connectivity index (χ3n) is 3.20. The Kier molecular flexibility index (Phi) is 4.71. The van der Waals surface area contributed by atoms with Crippen molar-refractivity contribution in [1.29, 1.82) is 0 Å². The highest BCUT2D eigenvalue weighted by Gasteiger charge is 2.29. The summed E-state index contributed by atoms with van der Waals surface area (Å²) in [6.07, 6.45) is 1.81. The molecule has 3 atom stereocenters. The molecular formula is C14H19NO3S. The van der Waals surface area contributed by atoms with Crippen LogP contribution in [0.15, 0.2) is 17.5 Å². The number of Topliss-reactive ketones (excluding diaryl/α,β-unsaturated/α-hetero) is 1. The van der Waals surface area contributed by atoms with Crippen molar-refractivity contribution < 1.29 is 14.3 Å². The van der Waals surface area contributed by atoms with Gasteiger partial charge in [-0.1, -0.05) is 6.07 Å². The molecule has 0 aromatic carbocycles. The Hall–Kier alpha value is -1.20. The van der Waals surface area contributed by atoms with Gasteiger partial charge in [-0.15, -0.1) is 11.3 Å². The molecule has 1 aromatic heterocycles. The van der Waals surface area contributed by atoms with E-state index < -0.39 is 0 Å². The van der Waals surface area contributed by atoms with E-state index in [2.05, 4.69) is 5.32 Å². The minimum Gasteiger partial charge on any atom is -0.365 e. The van der Waals surface area contributed by atoms with Crippen molar-refractivity contribution in [3.05, 3.63) is 22.4 Å². The summed E-state index contributed by atoms with van der Waals surface area (Å²) in [6, 6.07) is 3.50. The predicted molar refractivity (Wildman–Crippen MR) is 74.4 cm³/mol. The summed E-state index contributed by atoms with van der Waals surface area (Å²) >= 11 is 1.43. The fraction of sp³-hybridized carbons (Fsp3) is 0.571. The second-order valence-electron chi connectivity index (χ2n) is 5.03. The molecule has 4 nitrogen and oxygen atoms in total. The zero-order chi connectivity index (χ0) is 13.8. The van der Waals surface area contributed by atoms with Crippen molar-refractivity contribution in [2.45, 2.75) is 51.4 Å². The van der Waals surface area contributed by atoms with Crippen molar-refractivity contribution in [2.24, 2.45) is 0 Å². The Morgan fingerprint density at radius 1 is 1.53 bits per heavy atom. The number of carbonyl (C=O) groups excluding carboxylic acids is 2. The fourth-order valence-electron chi connectivity index (χ4n) is 2.20. The van der Waals surface area contributed by atoms with E-state index in [9.17, 15) is 9.59 Å². The highest BCUT2D eigenvalue weighted by atomic mass is 32.1. The first-order valence-corrected chi connectivity index (χ1v) is 7.46. The van der Waals surface area contributed by atoms with E-state index in [1.54, 1.807) is 0 Å². The largest absolute Gasteiger partial charge is 0.365 e. The van der Waals surface area contributed by atoms with Gasteiger partial charge in [0.2, 0.25) is 5.91 Å². The van der Waals surface area contributed by atoms with Gasteiger partial charge < -0.3 is 10.1 Å². The number of hydrogen-bond donors (Lipinski definition) is 1. The van der Waals surface area contributed by atoms with Crippen molar-refractivity contribution in [3.8, 4) is 0 Å². The van der Waals surface area contributed by atoms with Crippen LogP contribution < -0.4 is 5.32 Å². The van der Waals surface area contributed by atoms with Gasteiger partial charge in [0.25, 0.3) is 0 Å². The minimum absolute atomic E-state index is 0.0727. The lowest BCUT2D eigenvalue weighted by atomic mass is 10.1. The molecule has 104 valence electrons. The van der Waals surface area contributed by atoms with Gasteiger partial charge in [-0.05, 0) is 38.1 Å². The molecular weight excluding hydrogens is 262 g/mol. The molecule has 1 fully saturated rings. The summed E-state index contributed by atoms with van der Waals surface area (Å²) in [5.74, 6) is -0.0284. The molecule has 2 rings (SSSR count). The van der Waals surface area contributed by atoms with Crippen LogP contribution in [0.4, 0.5) is 0 Å². The third kappa shape index (κ3) is 3.88. The summed E-state index contributed by atoms with van der Waals surface area (Å²) in [5.41, 5.74) is 0. The molecule has 1 N–H and O–H groups in total. The van der Waals surface area contributed by atoms with E-state index in [1.807, 2.05) is 31.4 Å². The zero-order valence-corrected chi connectivity index (χ0v) is 12.0. The van der Waals surface area contributed by atoms with Crippen LogP contribution in [0, 0.1) is 0 Å². The molecule has 1 amide bonds. The second kappa shape index (κ2) is 6.30. The van der Waals surface area contributed by atoms with Gasteiger partial charge in [-0.25, -0.2) is 0 Å². The van der Waals surface area contributed by atoms with E-state index in [0.717, 1.165) is 17.7 Å². The molecule has 19 heavy (non-hydrogen) atoms. The van der Waals surface area contributed by atoms with E-state index in [1.165, 1.54) is 11.3 Å². The maximum absolute atomic E-state index is 11.9. The Morgan fingerprint density at radius 2 is 2.32 bits per heavy atom. The first kappa shape index (κ1) is 14.2. The van der Waals surface area contributed by atoms with Crippen molar-refractivity contribution >= 4 is 23.0 Å². The second-order valence-corrected chi connectivity index (χ2v) is 5.97. The number of nitrogens with one attached hydrogen (secondary N) is 1. The van der Waals surface area contributed by atoms with Gasteiger partial charge in [-0.2, -0.15) is 0 Å². The smallest absolute Gasteiger partial charge is 0.249 e. The maximum Gasteiger partial charge on any atom is 0.249 e. The number of amides is 1. The van der Waals surface area contributed by atoms with E-state index in [0.29, 0.717) is 6.42 Å². The predicted octanol–water partition coefficient (Wildman–Crippen LogP) is 2.39. The molecule has 1 aliphatic heterocycles. The quantitative estimate of drug-likeness (QED) is 0.843. The molecule has 0 unspecified atom stereocenters. The van der Waals surface area contributed by atoms with Crippen LogP contribution in [-0.2, 0) is 9.53 Å². The first-order valence-electron chi connectivity index (χ1n) is 6.59. The van der Waals surface area contributed by atoms with Gasteiger partial charge in [0.15, 0.2) is 5.78 Å². The summed E-state index contributed by atoms with van der Waals surface area (Å²) in [5, 5.41) is 4.73. The summed E-state index contributed by atoms with van der Waals surface area (Å²) < 4.78 is 5.51. The molecule has 0 saturated carbocycles. The number of ketones is 1. The average Bonchev–Trinajstić information content (AvgIpc) is 2.98. The Morgan fingerprint density at radius 3 is 2.89 bits per heavy atom. The van der Waals surface area contributed by atoms with Crippen LogP contribution in [-0.4, -0.2) is 29.9 Å². The third-order valence-corrected chi connectivity index (χ3v) is 4.11. The lowest BCUT2D eigenvalue weighted by molar-refractivity contribution is -0.132. The number of thiophene rings is 1. The van der Waals surface area contributed by atoms with Crippen LogP contribution in [0.1, 0.15) is 42.8 Å². The molecule has 2 heterocycles. The molecule has 5 heteroatoms. The summed E-state index contributed by atoms with van der Waals surface area (Å²) in [7, 11) is 0. The zero-order valence-electron chi connectivity index (χ0n) is 11.2. The molecule has 1 saturated heterocycles. The molecule has 0 radical (unpaired) electrons. The van der Waals surface area contributed by atoms with Crippen LogP contribution in [0.25, 0.3) is 0 Å². The Labute approximate surface area is 117 Å². The first-order chi connectivity index (χ1) is 9.06. The number of carbonyl (C=O) groups is 2. The molecule has 0 aliphatic carbocycles. The number of ether oxygens (including phenoxy) is 1. The molecule has 0 spiro atoms. The van der Waals surface area contributed by atoms with E-state index >= 15 is 0 Å². The lowest BCUT2D eigenvalue weighted by Gasteiger charge is -2.16. The molecule has 1 aliphatic rings. The maximum atomic E-state index is 11.9. The monoisotopic (exact) mass is 281 g/mol. The normalized spacial score (nSPS) is 24.1. The molecule has 0 bridgehead atoms. The van der Waals surface area contributed by atoms with Gasteiger partial charge in [0, 0.05) is 12.5 Å². The average molecular weight is 281 g/mol. The number of rotatable bonds is 5. The highest BCUT2D eigenvalue weighted by molar-refractivity contribution is 7.12. The van der Waals surface area contributed by atoms with Crippen molar-refractivity contribution in [1.82, 2.24) is 5.32 Å². The molecule has 1 aromatic rings. The van der Waals surface area contributed by atoms with Crippen LogP contribution in [0.5, 0.6) is 0 Å². The minimum atomic E-state index is -0.353. The standard InChI is InChI=1S/C14H19NO3S/c1-9(8-11(16)13-4-3-7-19-13)15-14(17)12-6-5-10(2)18-12/h3-4,7,9-10,12H,5-6,8H2,1-2H3,(H,15,17)/t9-,10-,12+/m1/s1. The van der Waals surface area contributed by atoms with E-state index in [4.69, 9.17) is 4.74 Å². The summed E-state index contributed by atoms with van der Waals surface area (Å²) in [6.45, 7) is 3.82. The van der Waals surface area contributed by atoms with Gasteiger partial charge in [0.1, 0.15) is 6.10 Å². The van der Waals surface area contributed by atoms with Gasteiger partial charge in [-0.3, -0.25) is 9.59 Å². The Balaban J connectivity index is 1.79. The lowest BCUT2D eigenvalue weighted by Crippen LogP contribution is -2.40. The van der Waals surface area contributed by atoms with Gasteiger partial charge in [0.05, 0.1) is 11.0 Å². The Bertz CT molecular complexity index is 444. The highest BCUT2D eigenvalue weighted by Crippen LogP contribution is 2.19. The number of hydrogen-bond acceptors (Lipinski definition) is 4. The summed E-state index contributed by atoms with van der Waals surface area (Å²) in [4.78, 5) is 24.6. The van der Waals surface area contributed by atoms with Crippen molar-refractivity contribution in [2.75, 3.05) is 0 Å². The van der Waals surface area contributed by atoms with Crippen LogP contribution in [0.2, 0.25) is 0 Å². The van der Waals surface area contributed by atoms with E-state index in [-0.39, 0.29) is 29.9 Å². The van der Waals surface area contributed by atoms with Crippen LogP contribution >= 0.6 is 11.3 Å². The van der Waals surface area contributed by atoms with Gasteiger partial charge >= 0.3 is 0 Å². The topological polar surface area (TPSA) is 55.4 Å². The van der Waals surface area contributed by atoms with Crippen molar-refractivity contribution in [3.63, 3.8) is 0 Å².